The van der Waals surface area contributed by atoms with E-state index in [0.29, 0.717) is 36.2 Å². The minimum absolute atomic E-state index is 0.354. The smallest absolute Gasteiger partial charge is 0.347 e. The van der Waals surface area contributed by atoms with Gasteiger partial charge in [-0.15, -0.1) is 0 Å². The Kier molecular flexibility index (Phi) is 7.87. The standard InChI is InChI=1S/C25H27ClFN3O3/c1-4-17-14-28-24(29-15-17)30(16-19-7-8-20(27)13-22(19)26)12-11-18-5-9-21(10-6-18)33-25(2,3)23(31)32/h5-10,13-15H,4,11-12,16H2,1-3H3,(H,31,32). The largest absolute Gasteiger partial charge is 0.478 e. The third kappa shape index (κ3) is 6.65. The second kappa shape index (κ2) is 10.6. The quantitative estimate of drug-likeness (QED) is 0.431. The number of ether oxygens (including phenoxy) is 1. The van der Waals surface area contributed by atoms with Gasteiger partial charge in [0, 0.05) is 30.5 Å². The predicted octanol–water partition coefficient (Wildman–Crippen LogP) is 5.32. The molecule has 0 spiro atoms. The molecule has 1 N–H and O–H groups in total. The van der Waals surface area contributed by atoms with Crippen molar-refractivity contribution >= 4 is 23.5 Å². The molecule has 0 aliphatic heterocycles. The summed E-state index contributed by atoms with van der Waals surface area (Å²) in [5.74, 6) is -0.363. The van der Waals surface area contributed by atoms with Crippen LogP contribution in [0.4, 0.5) is 10.3 Å². The highest BCUT2D eigenvalue weighted by atomic mass is 35.5. The van der Waals surface area contributed by atoms with E-state index in [1.807, 2.05) is 24.0 Å². The van der Waals surface area contributed by atoms with Crippen molar-refractivity contribution in [3.05, 3.63) is 82.4 Å². The Labute approximate surface area is 198 Å². The molecule has 0 saturated heterocycles. The normalized spacial score (nSPS) is 11.3. The minimum Gasteiger partial charge on any atom is -0.478 e. The number of anilines is 1. The molecule has 0 radical (unpaired) electrons. The molecule has 0 amide bonds. The zero-order valence-corrected chi connectivity index (χ0v) is 19.6. The van der Waals surface area contributed by atoms with E-state index in [4.69, 9.17) is 16.3 Å². The van der Waals surface area contributed by atoms with Gasteiger partial charge in [-0.1, -0.05) is 36.7 Å². The number of carbonyl (C=O) groups is 1. The number of benzene rings is 2. The van der Waals surface area contributed by atoms with Crippen LogP contribution in [-0.4, -0.2) is 33.2 Å². The Balaban J connectivity index is 1.75. The number of rotatable bonds is 10. The van der Waals surface area contributed by atoms with Crippen molar-refractivity contribution in [2.45, 2.75) is 45.8 Å². The average Bonchev–Trinajstić information content (AvgIpc) is 2.79. The Morgan fingerprint density at radius 2 is 1.79 bits per heavy atom. The molecule has 1 aromatic heterocycles. The molecule has 0 fully saturated rings. The first-order valence-electron chi connectivity index (χ1n) is 10.7. The number of aliphatic carboxylic acids is 1. The van der Waals surface area contributed by atoms with Crippen molar-refractivity contribution in [3.63, 3.8) is 0 Å². The van der Waals surface area contributed by atoms with Crippen LogP contribution >= 0.6 is 11.6 Å². The third-order valence-electron chi connectivity index (χ3n) is 5.24. The molecule has 2 aromatic carbocycles. The fraction of sp³-hybridized carbons (Fsp3) is 0.320. The number of hydrogen-bond acceptors (Lipinski definition) is 5. The first-order valence-corrected chi connectivity index (χ1v) is 11.1. The highest BCUT2D eigenvalue weighted by Gasteiger charge is 2.29. The molecule has 8 heteroatoms. The fourth-order valence-electron chi connectivity index (χ4n) is 3.13. The van der Waals surface area contributed by atoms with Gasteiger partial charge in [0.2, 0.25) is 5.95 Å². The van der Waals surface area contributed by atoms with Crippen molar-refractivity contribution in [3.8, 4) is 5.75 Å². The summed E-state index contributed by atoms with van der Waals surface area (Å²) < 4.78 is 19.0. The van der Waals surface area contributed by atoms with Gasteiger partial charge in [0.25, 0.3) is 0 Å². The molecular formula is C25H27ClFN3O3. The predicted molar refractivity (Wildman–Crippen MR) is 126 cm³/mol. The van der Waals surface area contributed by atoms with Gasteiger partial charge in [0.15, 0.2) is 5.60 Å². The number of aryl methyl sites for hydroxylation is 1. The summed E-state index contributed by atoms with van der Waals surface area (Å²) in [4.78, 5) is 22.3. The summed E-state index contributed by atoms with van der Waals surface area (Å²) in [7, 11) is 0. The molecule has 0 aliphatic carbocycles. The van der Waals surface area contributed by atoms with E-state index in [1.165, 1.54) is 26.0 Å². The summed E-state index contributed by atoms with van der Waals surface area (Å²) in [6.07, 6.45) is 5.13. The lowest BCUT2D eigenvalue weighted by Gasteiger charge is -2.24. The van der Waals surface area contributed by atoms with Gasteiger partial charge >= 0.3 is 5.97 Å². The lowest BCUT2D eigenvalue weighted by atomic mass is 10.1. The van der Waals surface area contributed by atoms with Crippen molar-refractivity contribution in [2.24, 2.45) is 0 Å². The van der Waals surface area contributed by atoms with E-state index < -0.39 is 11.6 Å². The maximum absolute atomic E-state index is 13.5. The van der Waals surface area contributed by atoms with Crippen LogP contribution in [0.15, 0.2) is 54.9 Å². The van der Waals surface area contributed by atoms with Gasteiger partial charge in [0.05, 0.1) is 0 Å². The summed E-state index contributed by atoms with van der Waals surface area (Å²) in [6.45, 7) is 6.08. The van der Waals surface area contributed by atoms with E-state index in [1.54, 1.807) is 30.6 Å². The van der Waals surface area contributed by atoms with Crippen LogP contribution in [0.2, 0.25) is 5.02 Å². The number of hydrogen-bond donors (Lipinski definition) is 1. The number of halogens is 2. The van der Waals surface area contributed by atoms with Crippen LogP contribution in [0.3, 0.4) is 0 Å². The zero-order chi connectivity index (χ0) is 24.0. The SMILES string of the molecule is CCc1cnc(N(CCc2ccc(OC(C)(C)C(=O)O)cc2)Cc2ccc(F)cc2Cl)nc1. The molecule has 174 valence electrons. The molecule has 6 nitrogen and oxygen atoms in total. The Hall–Kier alpha value is -3.19. The number of aromatic nitrogens is 2. The molecule has 0 atom stereocenters. The zero-order valence-electron chi connectivity index (χ0n) is 18.9. The van der Waals surface area contributed by atoms with E-state index in [9.17, 15) is 14.3 Å². The molecule has 1 heterocycles. The average molecular weight is 472 g/mol. The van der Waals surface area contributed by atoms with Gasteiger partial charge in [-0.25, -0.2) is 19.2 Å². The molecule has 3 aromatic rings. The van der Waals surface area contributed by atoms with Crippen LogP contribution in [0, 0.1) is 5.82 Å². The number of nitrogens with zero attached hydrogens (tertiary/aromatic N) is 3. The van der Waals surface area contributed by atoms with Gasteiger partial charge in [-0.05, 0) is 67.6 Å². The summed E-state index contributed by atoms with van der Waals surface area (Å²) in [6, 6.07) is 11.7. The highest BCUT2D eigenvalue weighted by molar-refractivity contribution is 6.31. The molecule has 33 heavy (non-hydrogen) atoms. The lowest BCUT2D eigenvalue weighted by molar-refractivity contribution is -0.152. The summed E-state index contributed by atoms with van der Waals surface area (Å²) in [5.41, 5.74) is 1.55. The first kappa shape index (κ1) is 24.5. The molecule has 0 bridgehead atoms. The van der Waals surface area contributed by atoms with Crippen LogP contribution in [0.25, 0.3) is 0 Å². The van der Waals surface area contributed by atoms with E-state index in [0.717, 1.165) is 23.1 Å². The topological polar surface area (TPSA) is 75.6 Å². The molecule has 3 rings (SSSR count). The van der Waals surface area contributed by atoms with Gasteiger partial charge in [-0.3, -0.25) is 0 Å². The van der Waals surface area contributed by atoms with Crippen LogP contribution in [-0.2, 0) is 24.2 Å². The maximum Gasteiger partial charge on any atom is 0.347 e. The highest BCUT2D eigenvalue weighted by Crippen LogP contribution is 2.23. The fourth-order valence-corrected chi connectivity index (χ4v) is 3.35. The first-order chi connectivity index (χ1) is 15.7. The van der Waals surface area contributed by atoms with E-state index >= 15 is 0 Å². The van der Waals surface area contributed by atoms with Crippen molar-refractivity contribution in [1.29, 1.82) is 0 Å². The van der Waals surface area contributed by atoms with Crippen molar-refractivity contribution in [2.75, 3.05) is 11.4 Å². The second-order valence-corrected chi connectivity index (χ2v) is 8.62. The maximum atomic E-state index is 13.5. The van der Waals surface area contributed by atoms with Gasteiger partial charge in [0.1, 0.15) is 11.6 Å². The Morgan fingerprint density at radius 3 is 2.36 bits per heavy atom. The van der Waals surface area contributed by atoms with Crippen molar-refractivity contribution in [1.82, 2.24) is 9.97 Å². The van der Waals surface area contributed by atoms with Crippen molar-refractivity contribution < 1.29 is 19.0 Å². The lowest BCUT2D eigenvalue weighted by Crippen LogP contribution is -2.37. The Morgan fingerprint density at radius 1 is 1.12 bits per heavy atom. The molecule has 0 unspecified atom stereocenters. The Bertz CT molecular complexity index is 1090. The van der Waals surface area contributed by atoms with Crippen LogP contribution in [0.5, 0.6) is 5.75 Å². The monoisotopic (exact) mass is 471 g/mol. The minimum atomic E-state index is -1.31. The molecule has 0 aliphatic rings. The molecular weight excluding hydrogens is 445 g/mol. The van der Waals surface area contributed by atoms with Crippen LogP contribution < -0.4 is 9.64 Å². The van der Waals surface area contributed by atoms with Gasteiger partial charge < -0.3 is 14.7 Å². The second-order valence-electron chi connectivity index (χ2n) is 8.21. The van der Waals surface area contributed by atoms with E-state index in [2.05, 4.69) is 9.97 Å². The number of carboxylic acids is 1. The summed E-state index contributed by atoms with van der Waals surface area (Å²) in [5, 5.41) is 9.58. The van der Waals surface area contributed by atoms with Crippen LogP contribution in [0.1, 0.15) is 37.5 Å². The third-order valence-corrected chi connectivity index (χ3v) is 5.59. The van der Waals surface area contributed by atoms with Gasteiger partial charge in [-0.2, -0.15) is 0 Å². The summed E-state index contributed by atoms with van der Waals surface area (Å²) >= 11 is 6.26. The van der Waals surface area contributed by atoms with E-state index in [-0.39, 0.29) is 5.82 Å². The number of carboxylic acid groups (broad SMARTS) is 1. The molecule has 0 saturated carbocycles.